The van der Waals surface area contributed by atoms with Gasteiger partial charge in [0.25, 0.3) is 0 Å². The number of nitrogens with one attached hydrogen (secondary N) is 1. The number of hydrogen-bond acceptors (Lipinski definition) is 3. The minimum atomic E-state index is 0. The van der Waals surface area contributed by atoms with Gasteiger partial charge in [-0.05, 0) is 38.1 Å². The summed E-state index contributed by atoms with van der Waals surface area (Å²) in [4.78, 5) is 4.43. The van der Waals surface area contributed by atoms with Gasteiger partial charge in [-0.3, -0.25) is 4.68 Å². The average molecular weight is 477 g/mol. The maximum Gasteiger partial charge on any atom is 0.193 e. The fraction of sp³-hybridized carbons (Fsp3) is 0.200. The predicted octanol–water partition coefficient (Wildman–Crippen LogP) is 4.37. The van der Waals surface area contributed by atoms with E-state index >= 15 is 0 Å². The number of nitrogens with two attached hydrogens (primary N) is 1. The molecule has 3 N–H and O–H groups in total. The van der Waals surface area contributed by atoms with Crippen LogP contribution in [0.2, 0.25) is 0 Å². The lowest BCUT2D eigenvalue weighted by molar-refractivity contribution is 0.483. The van der Waals surface area contributed by atoms with Crippen LogP contribution in [0.25, 0.3) is 0 Å². The van der Waals surface area contributed by atoms with Crippen LogP contribution in [0.4, 0.5) is 5.69 Å². The van der Waals surface area contributed by atoms with Gasteiger partial charge in [0.1, 0.15) is 11.5 Å². The van der Waals surface area contributed by atoms with Crippen molar-refractivity contribution in [1.29, 1.82) is 0 Å². The normalized spacial score (nSPS) is 11.0. The van der Waals surface area contributed by atoms with Crippen molar-refractivity contribution in [2.24, 2.45) is 17.8 Å². The van der Waals surface area contributed by atoms with Crippen LogP contribution in [-0.4, -0.2) is 15.7 Å². The quantitative estimate of drug-likeness (QED) is 0.325. The second-order valence-corrected chi connectivity index (χ2v) is 6.04. The molecular formula is C20H24IN5O. The Morgan fingerprint density at radius 3 is 2.48 bits per heavy atom. The molecule has 0 spiro atoms. The SMILES string of the molecule is Cc1nn(C)c(C)c1CN=C(N)Nc1cccc(Oc2ccccc2)c1.I. The standard InChI is InChI=1S/C20H23N5O.HI/c1-14-19(15(2)25(3)24-14)13-22-20(21)23-16-8-7-11-18(12-16)26-17-9-5-4-6-10-17;/h4-12H,13H2,1-3H3,(H3,21,22,23);1H. The van der Waals surface area contributed by atoms with E-state index in [0.29, 0.717) is 12.5 Å². The van der Waals surface area contributed by atoms with Crippen LogP contribution < -0.4 is 15.8 Å². The maximum atomic E-state index is 6.03. The lowest BCUT2D eigenvalue weighted by Gasteiger charge is -2.09. The Bertz CT molecular complexity index is 921. The summed E-state index contributed by atoms with van der Waals surface area (Å²) < 4.78 is 7.69. The van der Waals surface area contributed by atoms with Gasteiger partial charge in [0.2, 0.25) is 0 Å². The second-order valence-electron chi connectivity index (χ2n) is 6.04. The topological polar surface area (TPSA) is 77.5 Å². The number of guanidine groups is 1. The highest BCUT2D eigenvalue weighted by molar-refractivity contribution is 14.0. The molecule has 0 bridgehead atoms. The first-order valence-corrected chi connectivity index (χ1v) is 8.42. The molecule has 0 saturated carbocycles. The van der Waals surface area contributed by atoms with Gasteiger partial charge in [0.05, 0.1) is 12.2 Å². The van der Waals surface area contributed by atoms with Crippen molar-refractivity contribution < 1.29 is 4.74 Å². The first-order valence-electron chi connectivity index (χ1n) is 8.42. The number of aryl methyl sites for hydroxylation is 2. The molecule has 0 aliphatic rings. The third-order valence-corrected chi connectivity index (χ3v) is 4.15. The monoisotopic (exact) mass is 477 g/mol. The molecule has 1 aromatic heterocycles. The summed E-state index contributed by atoms with van der Waals surface area (Å²) in [5.74, 6) is 1.87. The summed E-state index contributed by atoms with van der Waals surface area (Å²) in [5.41, 5.74) is 10.0. The average Bonchev–Trinajstić information content (AvgIpc) is 2.86. The highest BCUT2D eigenvalue weighted by Crippen LogP contribution is 2.23. The molecule has 6 nitrogen and oxygen atoms in total. The largest absolute Gasteiger partial charge is 0.457 e. The van der Waals surface area contributed by atoms with Crippen LogP contribution in [-0.2, 0) is 13.6 Å². The number of ether oxygens (including phenoxy) is 1. The summed E-state index contributed by atoms with van der Waals surface area (Å²) in [6, 6.07) is 17.2. The zero-order chi connectivity index (χ0) is 18.5. The Morgan fingerprint density at radius 1 is 1.11 bits per heavy atom. The summed E-state index contributed by atoms with van der Waals surface area (Å²) >= 11 is 0. The molecular weight excluding hydrogens is 453 g/mol. The van der Waals surface area contributed by atoms with E-state index in [1.165, 1.54) is 0 Å². The molecule has 2 aromatic carbocycles. The summed E-state index contributed by atoms with van der Waals surface area (Å²) in [5, 5.41) is 7.50. The van der Waals surface area contributed by atoms with Gasteiger partial charge in [0.15, 0.2) is 5.96 Å². The van der Waals surface area contributed by atoms with Crippen LogP contribution in [0.5, 0.6) is 11.5 Å². The van der Waals surface area contributed by atoms with E-state index in [1.54, 1.807) is 0 Å². The van der Waals surface area contributed by atoms with E-state index in [9.17, 15) is 0 Å². The van der Waals surface area contributed by atoms with Gasteiger partial charge in [0, 0.05) is 30.1 Å². The number of halogens is 1. The zero-order valence-electron chi connectivity index (χ0n) is 15.6. The van der Waals surface area contributed by atoms with Gasteiger partial charge >= 0.3 is 0 Å². The lowest BCUT2D eigenvalue weighted by atomic mass is 10.2. The molecule has 27 heavy (non-hydrogen) atoms. The molecule has 142 valence electrons. The fourth-order valence-electron chi connectivity index (χ4n) is 2.66. The Kier molecular flexibility index (Phi) is 7.23. The van der Waals surface area contributed by atoms with Crippen LogP contribution in [0.15, 0.2) is 59.6 Å². The fourth-order valence-corrected chi connectivity index (χ4v) is 2.66. The molecule has 0 unspecified atom stereocenters. The molecule has 0 radical (unpaired) electrons. The van der Waals surface area contributed by atoms with Crippen molar-refractivity contribution in [3.05, 3.63) is 71.5 Å². The number of hydrogen-bond donors (Lipinski definition) is 2. The molecule has 0 amide bonds. The molecule has 3 rings (SSSR count). The van der Waals surface area contributed by atoms with Gasteiger partial charge in [-0.15, -0.1) is 24.0 Å². The summed E-state index contributed by atoms with van der Waals surface area (Å²) in [7, 11) is 1.93. The molecule has 0 aliphatic heterocycles. The second kappa shape index (κ2) is 9.40. The number of para-hydroxylation sites is 1. The maximum absolute atomic E-state index is 6.03. The minimum Gasteiger partial charge on any atom is -0.457 e. The van der Waals surface area contributed by atoms with E-state index in [0.717, 1.165) is 34.1 Å². The van der Waals surface area contributed by atoms with Gasteiger partial charge < -0.3 is 15.8 Å². The van der Waals surface area contributed by atoms with Crippen LogP contribution in [0, 0.1) is 13.8 Å². The lowest BCUT2D eigenvalue weighted by Crippen LogP contribution is -2.22. The van der Waals surface area contributed by atoms with Gasteiger partial charge in [-0.2, -0.15) is 5.10 Å². The third-order valence-electron chi connectivity index (χ3n) is 4.15. The zero-order valence-corrected chi connectivity index (χ0v) is 18.0. The first kappa shape index (κ1) is 20.8. The molecule has 1 heterocycles. The Balaban J connectivity index is 0.00000261. The van der Waals surface area contributed by atoms with E-state index in [4.69, 9.17) is 10.5 Å². The number of anilines is 1. The number of aliphatic imine (C=N–C) groups is 1. The summed E-state index contributed by atoms with van der Waals surface area (Å²) in [6.07, 6.45) is 0. The van der Waals surface area contributed by atoms with Crippen molar-refractivity contribution >= 4 is 35.6 Å². The molecule has 0 saturated heterocycles. The number of aromatic nitrogens is 2. The number of benzene rings is 2. The number of rotatable bonds is 5. The van der Waals surface area contributed by atoms with Crippen LogP contribution in [0.3, 0.4) is 0 Å². The number of nitrogens with zero attached hydrogens (tertiary/aromatic N) is 3. The van der Waals surface area contributed by atoms with Crippen LogP contribution >= 0.6 is 24.0 Å². The minimum absolute atomic E-state index is 0. The molecule has 0 aliphatic carbocycles. The Hall–Kier alpha value is -2.55. The van der Waals surface area contributed by atoms with Crippen molar-refractivity contribution in [3.63, 3.8) is 0 Å². The van der Waals surface area contributed by atoms with Crippen molar-refractivity contribution in [2.45, 2.75) is 20.4 Å². The van der Waals surface area contributed by atoms with E-state index < -0.39 is 0 Å². The Labute approximate surface area is 176 Å². The first-order chi connectivity index (χ1) is 12.5. The smallest absolute Gasteiger partial charge is 0.193 e. The van der Waals surface area contributed by atoms with E-state index in [-0.39, 0.29) is 24.0 Å². The highest BCUT2D eigenvalue weighted by atomic mass is 127. The van der Waals surface area contributed by atoms with Crippen molar-refractivity contribution in [3.8, 4) is 11.5 Å². The van der Waals surface area contributed by atoms with E-state index in [2.05, 4.69) is 15.4 Å². The van der Waals surface area contributed by atoms with Gasteiger partial charge in [-0.25, -0.2) is 4.99 Å². The van der Waals surface area contributed by atoms with Gasteiger partial charge in [-0.1, -0.05) is 24.3 Å². The van der Waals surface area contributed by atoms with Crippen LogP contribution in [0.1, 0.15) is 17.0 Å². The predicted molar refractivity (Wildman–Crippen MR) is 120 cm³/mol. The highest BCUT2D eigenvalue weighted by Gasteiger charge is 2.08. The molecule has 7 heteroatoms. The molecule has 0 atom stereocenters. The summed E-state index contributed by atoms with van der Waals surface area (Å²) in [6.45, 7) is 4.50. The third kappa shape index (κ3) is 5.46. The van der Waals surface area contributed by atoms with Crippen molar-refractivity contribution in [2.75, 3.05) is 5.32 Å². The molecule has 3 aromatic rings. The molecule has 0 fully saturated rings. The van der Waals surface area contributed by atoms with Crippen molar-refractivity contribution in [1.82, 2.24) is 9.78 Å². The van der Waals surface area contributed by atoms with E-state index in [1.807, 2.05) is 80.2 Å². The Morgan fingerprint density at radius 2 is 1.81 bits per heavy atom.